The summed E-state index contributed by atoms with van der Waals surface area (Å²) in [5, 5.41) is 13.7. The number of rotatable bonds is 5. The molecule has 0 fully saturated rings. The molecule has 3 aromatic rings. The molecule has 3 heterocycles. The number of furan rings is 1. The maximum Gasteiger partial charge on any atom is 0.235 e. The molecule has 19 heavy (non-hydrogen) atoms. The van der Waals surface area contributed by atoms with Crippen molar-refractivity contribution in [1.82, 2.24) is 19.8 Å². The van der Waals surface area contributed by atoms with Crippen LogP contribution in [-0.4, -0.2) is 25.6 Å². The highest BCUT2D eigenvalue weighted by atomic mass is 79.9. The number of halogens is 1. The first-order valence-corrected chi connectivity index (χ1v) is 8.59. The molecule has 5 nitrogen and oxygen atoms in total. The van der Waals surface area contributed by atoms with Gasteiger partial charge in [0.1, 0.15) is 0 Å². The van der Waals surface area contributed by atoms with Gasteiger partial charge in [0.25, 0.3) is 0 Å². The van der Waals surface area contributed by atoms with E-state index < -0.39 is 0 Å². The molecule has 0 atom stereocenters. The van der Waals surface area contributed by atoms with Crippen molar-refractivity contribution >= 4 is 44.0 Å². The lowest BCUT2D eigenvalue weighted by molar-refractivity contribution is 0.554. The van der Waals surface area contributed by atoms with E-state index in [1.807, 2.05) is 23.9 Å². The second-order valence-corrected chi connectivity index (χ2v) is 6.72. The molecule has 0 amide bonds. The standard InChI is InChI=1S/C11H11BrN4OS2/c1-2-5-18-6-9-13-14-11-16(9)15-10(19-11)7-3-4-8(12)17-7/h3-4H,2,5-6H2,1H3. The minimum atomic E-state index is 0.701. The Morgan fingerprint density at radius 1 is 1.42 bits per heavy atom. The molecule has 3 aromatic heterocycles. The molecule has 0 radical (unpaired) electrons. The minimum absolute atomic E-state index is 0.701. The number of fused-ring (bicyclic) bond motifs is 1. The van der Waals surface area contributed by atoms with Gasteiger partial charge in [0.15, 0.2) is 21.3 Å². The van der Waals surface area contributed by atoms with Gasteiger partial charge in [0.2, 0.25) is 4.96 Å². The van der Waals surface area contributed by atoms with Crippen molar-refractivity contribution in [2.45, 2.75) is 19.1 Å². The van der Waals surface area contributed by atoms with E-state index in [-0.39, 0.29) is 0 Å². The van der Waals surface area contributed by atoms with E-state index in [1.165, 1.54) is 11.3 Å². The summed E-state index contributed by atoms with van der Waals surface area (Å²) in [4.78, 5) is 0.801. The summed E-state index contributed by atoms with van der Waals surface area (Å²) in [5.41, 5.74) is 0. The predicted octanol–water partition coefficient (Wildman–Crippen LogP) is 3.85. The van der Waals surface area contributed by atoms with Gasteiger partial charge in [-0.2, -0.15) is 16.3 Å². The highest BCUT2D eigenvalue weighted by molar-refractivity contribution is 9.10. The predicted molar refractivity (Wildman–Crippen MR) is 80.5 cm³/mol. The van der Waals surface area contributed by atoms with Crippen molar-refractivity contribution in [3.05, 3.63) is 22.6 Å². The van der Waals surface area contributed by atoms with Crippen molar-refractivity contribution in [2.24, 2.45) is 0 Å². The van der Waals surface area contributed by atoms with E-state index in [0.29, 0.717) is 4.67 Å². The lowest BCUT2D eigenvalue weighted by Gasteiger charge is -1.95. The molecule has 0 saturated carbocycles. The Morgan fingerprint density at radius 3 is 3.05 bits per heavy atom. The van der Waals surface area contributed by atoms with Crippen molar-refractivity contribution in [2.75, 3.05) is 5.75 Å². The monoisotopic (exact) mass is 358 g/mol. The maximum atomic E-state index is 5.50. The van der Waals surface area contributed by atoms with Crippen LogP contribution in [0.15, 0.2) is 21.2 Å². The third kappa shape index (κ3) is 2.70. The van der Waals surface area contributed by atoms with Crippen LogP contribution >= 0.6 is 39.0 Å². The summed E-state index contributed by atoms with van der Waals surface area (Å²) in [6, 6.07) is 3.75. The van der Waals surface area contributed by atoms with Crippen LogP contribution in [0.5, 0.6) is 0 Å². The van der Waals surface area contributed by atoms with Crippen LogP contribution < -0.4 is 0 Å². The van der Waals surface area contributed by atoms with E-state index in [9.17, 15) is 0 Å². The Morgan fingerprint density at radius 2 is 2.32 bits per heavy atom. The SMILES string of the molecule is CCCSCc1nnc2sc(-c3ccc(Br)o3)nn12. The summed E-state index contributed by atoms with van der Waals surface area (Å²) in [5.74, 6) is 3.59. The number of nitrogens with zero attached hydrogens (tertiary/aromatic N) is 4. The van der Waals surface area contributed by atoms with E-state index in [0.717, 1.165) is 39.5 Å². The fraction of sp³-hybridized carbons (Fsp3) is 0.364. The van der Waals surface area contributed by atoms with Gasteiger partial charge in [0.05, 0.1) is 5.75 Å². The molecule has 0 aromatic carbocycles. The van der Waals surface area contributed by atoms with Crippen LogP contribution in [0.1, 0.15) is 19.2 Å². The van der Waals surface area contributed by atoms with Gasteiger partial charge in [-0.1, -0.05) is 18.3 Å². The quantitative estimate of drug-likeness (QED) is 0.648. The molecule has 8 heteroatoms. The zero-order chi connectivity index (χ0) is 13.2. The summed E-state index contributed by atoms with van der Waals surface area (Å²) >= 11 is 6.62. The van der Waals surface area contributed by atoms with Crippen LogP contribution in [0.25, 0.3) is 15.7 Å². The Kier molecular flexibility index (Phi) is 3.90. The lowest BCUT2D eigenvalue weighted by Crippen LogP contribution is -1.94. The minimum Gasteiger partial charge on any atom is -0.447 e. The van der Waals surface area contributed by atoms with Crippen LogP contribution in [0.3, 0.4) is 0 Å². The molecule has 0 saturated heterocycles. The second kappa shape index (κ2) is 5.64. The first-order valence-electron chi connectivity index (χ1n) is 5.82. The Balaban J connectivity index is 1.89. The van der Waals surface area contributed by atoms with Gasteiger partial charge in [-0.15, -0.1) is 15.3 Å². The molecule has 3 rings (SSSR count). The molecule has 0 spiro atoms. The average Bonchev–Trinajstić information content (AvgIpc) is 3.05. The van der Waals surface area contributed by atoms with Crippen molar-refractivity contribution < 1.29 is 4.42 Å². The van der Waals surface area contributed by atoms with Gasteiger partial charge in [-0.3, -0.25) is 0 Å². The molecule has 0 bridgehead atoms. The van der Waals surface area contributed by atoms with Crippen LogP contribution in [0.2, 0.25) is 0 Å². The van der Waals surface area contributed by atoms with Gasteiger partial charge in [-0.05, 0) is 40.2 Å². The summed E-state index contributed by atoms with van der Waals surface area (Å²) in [7, 11) is 0. The molecule has 0 N–H and O–H groups in total. The summed E-state index contributed by atoms with van der Waals surface area (Å²) in [6.07, 6.45) is 1.16. The molecule has 0 aliphatic heterocycles. The van der Waals surface area contributed by atoms with E-state index in [4.69, 9.17) is 4.42 Å². The molecule has 0 aliphatic carbocycles. The first-order chi connectivity index (χ1) is 9.28. The van der Waals surface area contributed by atoms with Gasteiger partial charge in [0, 0.05) is 0 Å². The zero-order valence-corrected chi connectivity index (χ0v) is 13.4. The van der Waals surface area contributed by atoms with Gasteiger partial charge in [-0.25, -0.2) is 0 Å². The van der Waals surface area contributed by atoms with Crippen molar-refractivity contribution in [3.8, 4) is 10.8 Å². The Bertz CT molecular complexity index is 690. The normalized spacial score (nSPS) is 11.5. The second-order valence-electron chi connectivity index (χ2n) is 3.87. The van der Waals surface area contributed by atoms with Crippen LogP contribution in [-0.2, 0) is 5.75 Å². The van der Waals surface area contributed by atoms with Crippen molar-refractivity contribution in [1.29, 1.82) is 0 Å². The van der Waals surface area contributed by atoms with E-state index in [2.05, 4.69) is 38.1 Å². The fourth-order valence-corrected chi connectivity index (χ4v) is 3.51. The molecule has 0 unspecified atom stereocenters. The van der Waals surface area contributed by atoms with E-state index >= 15 is 0 Å². The van der Waals surface area contributed by atoms with Gasteiger partial charge < -0.3 is 4.42 Å². The van der Waals surface area contributed by atoms with Crippen LogP contribution in [0.4, 0.5) is 0 Å². The fourth-order valence-electron chi connectivity index (χ4n) is 1.58. The number of aromatic nitrogens is 4. The molecular weight excluding hydrogens is 348 g/mol. The van der Waals surface area contributed by atoms with Gasteiger partial charge >= 0.3 is 0 Å². The highest BCUT2D eigenvalue weighted by Crippen LogP contribution is 2.29. The number of thioether (sulfide) groups is 1. The zero-order valence-electron chi connectivity index (χ0n) is 10.2. The summed E-state index contributed by atoms with van der Waals surface area (Å²) in [6.45, 7) is 2.17. The van der Waals surface area contributed by atoms with E-state index in [1.54, 1.807) is 4.52 Å². The third-order valence-corrected chi connectivity index (χ3v) is 4.92. The average molecular weight is 359 g/mol. The Labute approximate surface area is 126 Å². The smallest absolute Gasteiger partial charge is 0.235 e. The summed E-state index contributed by atoms with van der Waals surface area (Å²) < 4.78 is 8.01. The number of hydrogen-bond acceptors (Lipinski definition) is 6. The molecular formula is C11H11BrN4OS2. The topological polar surface area (TPSA) is 56.2 Å². The Hall–Kier alpha value is -0.860. The van der Waals surface area contributed by atoms with Crippen LogP contribution in [0, 0.1) is 0 Å². The third-order valence-electron chi connectivity index (χ3n) is 2.42. The lowest BCUT2D eigenvalue weighted by atomic mass is 10.5. The molecule has 100 valence electrons. The largest absolute Gasteiger partial charge is 0.447 e. The first kappa shape index (κ1) is 13.1. The highest BCUT2D eigenvalue weighted by Gasteiger charge is 2.14. The van der Waals surface area contributed by atoms with Crippen molar-refractivity contribution in [3.63, 3.8) is 0 Å². The maximum absolute atomic E-state index is 5.50. The number of hydrogen-bond donors (Lipinski definition) is 0. The molecule has 0 aliphatic rings.